The highest BCUT2D eigenvalue weighted by Gasteiger charge is 2.14. The number of aromatic amines is 2. The number of fused-ring (bicyclic) bond motifs is 1. The third-order valence-electron chi connectivity index (χ3n) is 3.38. The van der Waals surface area contributed by atoms with Crippen molar-refractivity contribution in [1.29, 1.82) is 0 Å². The van der Waals surface area contributed by atoms with Gasteiger partial charge in [0.1, 0.15) is 11.3 Å². The minimum absolute atomic E-state index is 0.144. The predicted octanol–water partition coefficient (Wildman–Crippen LogP) is 2.43. The lowest BCUT2D eigenvalue weighted by atomic mass is 10.0. The first-order valence-electron chi connectivity index (χ1n) is 6.97. The Morgan fingerprint density at radius 2 is 1.89 bits per heavy atom. The van der Waals surface area contributed by atoms with E-state index in [1.54, 1.807) is 0 Å². The normalized spacial score (nSPS) is 13.3. The van der Waals surface area contributed by atoms with E-state index in [1.165, 1.54) is 0 Å². The highest BCUT2D eigenvalue weighted by molar-refractivity contribution is 5.75. The first-order valence-corrected chi connectivity index (χ1v) is 6.97. The molecular formula is C14H22N4O. The maximum atomic E-state index is 12.0. The van der Waals surface area contributed by atoms with E-state index in [2.05, 4.69) is 47.9 Å². The van der Waals surface area contributed by atoms with Gasteiger partial charge in [0.2, 0.25) is 0 Å². The van der Waals surface area contributed by atoms with Crippen LogP contribution in [-0.4, -0.2) is 20.2 Å². The number of nitrogens with one attached hydrogen (secondary N) is 2. The summed E-state index contributed by atoms with van der Waals surface area (Å²) < 4.78 is 0. The van der Waals surface area contributed by atoms with Gasteiger partial charge in [0.05, 0.1) is 5.69 Å². The van der Waals surface area contributed by atoms with Crippen molar-refractivity contribution in [2.24, 2.45) is 11.8 Å². The van der Waals surface area contributed by atoms with Crippen LogP contribution >= 0.6 is 0 Å². The van der Waals surface area contributed by atoms with Crippen LogP contribution in [0.5, 0.6) is 0 Å². The molecule has 0 saturated carbocycles. The van der Waals surface area contributed by atoms with Gasteiger partial charge in [-0.1, -0.05) is 34.1 Å². The summed E-state index contributed by atoms with van der Waals surface area (Å²) in [6.07, 6.45) is 2.73. The fourth-order valence-electron chi connectivity index (χ4n) is 2.13. The molecule has 0 aliphatic rings. The van der Waals surface area contributed by atoms with Gasteiger partial charge in [-0.25, -0.2) is 4.98 Å². The summed E-state index contributed by atoms with van der Waals surface area (Å²) in [5.41, 5.74) is 1.97. The van der Waals surface area contributed by atoms with Crippen LogP contribution < -0.4 is 5.56 Å². The largest absolute Gasteiger partial charge is 0.309 e. The van der Waals surface area contributed by atoms with Crippen molar-refractivity contribution in [3.05, 3.63) is 21.9 Å². The molecule has 0 aliphatic carbocycles. The Labute approximate surface area is 112 Å². The molecular weight excluding hydrogens is 240 g/mol. The molecule has 0 amide bonds. The van der Waals surface area contributed by atoms with Crippen LogP contribution in [0.2, 0.25) is 0 Å². The lowest BCUT2D eigenvalue weighted by Gasteiger charge is -2.07. The van der Waals surface area contributed by atoms with E-state index >= 15 is 0 Å². The van der Waals surface area contributed by atoms with Gasteiger partial charge in [0.25, 0.3) is 5.56 Å². The Morgan fingerprint density at radius 1 is 1.16 bits per heavy atom. The third kappa shape index (κ3) is 3.03. The molecule has 0 fully saturated rings. The average Bonchev–Trinajstić information content (AvgIpc) is 2.72. The highest BCUT2D eigenvalue weighted by Crippen LogP contribution is 2.15. The Morgan fingerprint density at radius 3 is 2.53 bits per heavy atom. The lowest BCUT2D eigenvalue weighted by Crippen LogP contribution is -2.14. The summed E-state index contributed by atoms with van der Waals surface area (Å²) in [4.78, 5) is 19.4. The number of hydrogen-bond acceptors (Lipinski definition) is 3. The maximum absolute atomic E-state index is 12.0. The van der Waals surface area contributed by atoms with Crippen molar-refractivity contribution >= 4 is 11.0 Å². The van der Waals surface area contributed by atoms with E-state index in [9.17, 15) is 4.79 Å². The Bertz CT molecular complexity index is 611. The monoisotopic (exact) mass is 262 g/mol. The van der Waals surface area contributed by atoms with Crippen molar-refractivity contribution in [1.82, 2.24) is 20.2 Å². The van der Waals surface area contributed by atoms with Gasteiger partial charge < -0.3 is 4.98 Å². The molecule has 0 radical (unpaired) electrons. The van der Waals surface area contributed by atoms with Crippen LogP contribution in [0, 0.1) is 11.8 Å². The fourth-order valence-corrected chi connectivity index (χ4v) is 2.13. The molecule has 2 heterocycles. The molecule has 2 aromatic rings. The fraction of sp³-hybridized carbons (Fsp3) is 0.643. The summed E-state index contributed by atoms with van der Waals surface area (Å²) >= 11 is 0. The second-order valence-electron chi connectivity index (χ2n) is 5.73. The topological polar surface area (TPSA) is 74.4 Å². The van der Waals surface area contributed by atoms with Crippen LogP contribution in [-0.2, 0) is 12.8 Å². The molecule has 0 spiro atoms. The third-order valence-corrected chi connectivity index (χ3v) is 3.38. The smallest absolute Gasteiger partial charge is 0.279 e. The molecule has 0 bridgehead atoms. The van der Waals surface area contributed by atoms with Gasteiger partial charge in [-0.15, -0.1) is 0 Å². The van der Waals surface area contributed by atoms with Crippen LogP contribution in [0.25, 0.3) is 11.0 Å². The molecule has 0 unspecified atom stereocenters. The van der Waals surface area contributed by atoms with Crippen LogP contribution in [0.15, 0.2) is 4.79 Å². The van der Waals surface area contributed by atoms with Crippen molar-refractivity contribution in [2.75, 3.05) is 0 Å². The molecule has 2 rings (SSSR count). The standard InChI is InChI=1S/C14H22N4O/c1-5-9(4)7-11-15-12-10(6-8(2)3)17-18-13(12)14(19)16-11/h8-9H,5-7H2,1-4H3,(H,17,18)(H,15,16,19)/t9-/m0/s1. The Balaban J connectivity index is 2.44. The predicted molar refractivity (Wildman–Crippen MR) is 76.2 cm³/mol. The van der Waals surface area contributed by atoms with E-state index in [0.29, 0.717) is 17.4 Å². The van der Waals surface area contributed by atoms with Gasteiger partial charge in [0.15, 0.2) is 5.52 Å². The number of rotatable bonds is 5. The van der Waals surface area contributed by atoms with E-state index < -0.39 is 0 Å². The number of hydrogen-bond donors (Lipinski definition) is 2. The molecule has 0 saturated heterocycles. The molecule has 104 valence electrons. The zero-order valence-electron chi connectivity index (χ0n) is 12.1. The Kier molecular flexibility index (Phi) is 4.02. The van der Waals surface area contributed by atoms with Crippen molar-refractivity contribution < 1.29 is 0 Å². The van der Waals surface area contributed by atoms with Crippen LogP contribution in [0.4, 0.5) is 0 Å². The molecule has 5 nitrogen and oxygen atoms in total. The van der Waals surface area contributed by atoms with Gasteiger partial charge in [-0.3, -0.25) is 9.89 Å². The van der Waals surface area contributed by atoms with Crippen LogP contribution in [0.1, 0.15) is 45.6 Å². The van der Waals surface area contributed by atoms with E-state index in [1.807, 2.05) is 0 Å². The van der Waals surface area contributed by atoms with Crippen molar-refractivity contribution in [2.45, 2.75) is 47.0 Å². The number of aromatic nitrogens is 4. The van der Waals surface area contributed by atoms with Gasteiger partial charge in [-0.2, -0.15) is 5.10 Å². The Hall–Kier alpha value is -1.65. The summed E-state index contributed by atoms with van der Waals surface area (Å²) in [5.74, 6) is 1.78. The van der Waals surface area contributed by atoms with Gasteiger partial charge in [-0.05, 0) is 18.3 Å². The SMILES string of the molecule is CC[C@H](C)Cc1nc2c(CC(C)C)[nH]nc2c(=O)[nH]1. The average molecular weight is 262 g/mol. The minimum Gasteiger partial charge on any atom is -0.309 e. The summed E-state index contributed by atoms with van der Waals surface area (Å²) in [6.45, 7) is 8.58. The number of H-pyrrole nitrogens is 2. The molecule has 5 heteroatoms. The van der Waals surface area contributed by atoms with Gasteiger partial charge in [0, 0.05) is 6.42 Å². The zero-order chi connectivity index (χ0) is 14.0. The first kappa shape index (κ1) is 13.8. The van der Waals surface area contributed by atoms with E-state index in [4.69, 9.17) is 0 Å². The second-order valence-corrected chi connectivity index (χ2v) is 5.73. The minimum atomic E-state index is -0.144. The quantitative estimate of drug-likeness (QED) is 0.869. The molecule has 19 heavy (non-hydrogen) atoms. The van der Waals surface area contributed by atoms with E-state index in [-0.39, 0.29) is 5.56 Å². The van der Waals surface area contributed by atoms with E-state index in [0.717, 1.165) is 36.3 Å². The summed E-state index contributed by atoms with van der Waals surface area (Å²) in [5, 5.41) is 7.03. The van der Waals surface area contributed by atoms with Crippen molar-refractivity contribution in [3.8, 4) is 0 Å². The van der Waals surface area contributed by atoms with Gasteiger partial charge >= 0.3 is 0 Å². The summed E-state index contributed by atoms with van der Waals surface area (Å²) in [6, 6.07) is 0. The molecule has 2 N–H and O–H groups in total. The lowest BCUT2D eigenvalue weighted by molar-refractivity contribution is 0.543. The highest BCUT2D eigenvalue weighted by atomic mass is 16.1. The van der Waals surface area contributed by atoms with Crippen molar-refractivity contribution in [3.63, 3.8) is 0 Å². The second kappa shape index (κ2) is 5.55. The molecule has 0 aliphatic heterocycles. The summed E-state index contributed by atoms with van der Waals surface area (Å²) in [7, 11) is 0. The molecule has 1 atom stereocenters. The first-order chi connectivity index (χ1) is 9.01. The number of nitrogens with zero attached hydrogens (tertiary/aromatic N) is 2. The zero-order valence-corrected chi connectivity index (χ0v) is 12.1. The molecule has 0 aromatic carbocycles. The van der Waals surface area contributed by atoms with Crippen LogP contribution in [0.3, 0.4) is 0 Å². The maximum Gasteiger partial charge on any atom is 0.279 e. The molecule has 2 aromatic heterocycles.